The molecule has 0 bridgehead atoms. The predicted molar refractivity (Wildman–Crippen MR) is 158 cm³/mol. The molecule has 3 amide bonds. The van der Waals surface area contributed by atoms with Crippen molar-refractivity contribution in [3.05, 3.63) is 119 Å². The molecule has 9 heteroatoms. The fourth-order valence-electron chi connectivity index (χ4n) is 4.20. The Labute approximate surface area is 238 Å². The number of carbonyl (C=O) groups is 3. The fraction of sp³-hybridized carbons (Fsp3) is 0.156. The smallest absolute Gasteiger partial charge is 0.255 e. The number of para-hydroxylation sites is 2. The molecule has 0 radical (unpaired) electrons. The van der Waals surface area contributed by atoms with E-state index in [-0.39, 0.29) is 19.0 Å². The molecule has 0 unspecified atom stereocenters. The Morgan fingerprint density at radius 2 is 1.24 bits per heavy atom. The van der Waals surface area contributed by atoms with Crippen LogP contribution < -0.4 is 31.2 Å². The minimum atomic E-state index is -1.16. The number of rotatable bonds is 11. The molecular formula is C32H32N4O5. The zero-order chi connectivity index (χ0) is 29.2. The fourth-order valence-corrected chi connectivity index (χ4v) is 4.20. The van der Waals surface area contributed by atoms with Crippen molar-refractivity contribution < 1.29 is 23.9 Å². The Balaban J connectivity index is 1.52. The van der Waals surface area contributed by atoms with Crippen molar-refractivity contribution in [1.29, 1.82) is 0 Å². The van der Waals surface area contributed by atoms with Gasteiger partial charge in [-0.3, -0.25) is 14.4 Å². The van der Waals surface area contributed by atoms with E-state index in [1.807, 2.05) is 48.5 Å². The maximum Gasteiger partial charge on any atom is 0.255 e. The lowest BCUT2D eigenvalue weighted by Gasteiger charge is -2.18. The molecule has 4 aromatic rings. The molecule has 0 aliphatic heterocycles. The number of hydrogen-bond acceptors (Lipinski definition) is 6. The Morgan fingerprint density at radius 1 is 0.707 bits per heavy atom. The van der Waals surface area contributed by atoms with Crippen LogP contribution in [0.5, 0.6) is 11.5 Å². The third-order valence-electron chi connectivity index (χ3n) is 6.44. The van der Waals surface area contributed by atoms with Crippen molar-refractivity contribution in [1.82, 2.24) is 10.6 Å². The number of nitrogens with two attached hydrogens (primary N) is 1. The number of carbonyl (C=O) groups excluding carboxylic acids is 3. The summed E-state index contributed by atoms with van der Waals surface area (Å²) in [4.78, 5) is 39.6. The molecule has 0 fully saturated rings. The Morgan fingerprint density at radius 3 is 1.76 bits per heavy atom. The molecular weight excluding hydrogens is 520 g/mol. The van der Waals surface area contributed by atoms with Crippen LogP contribution in [-0.2, 0) is 22.7 Å². The molecule has 9 nitrogen and oxygen atoms in total. The Kier molecular flexibility index (Phi) is 9.56. The summed E-state index contributed by atoms with van der Waals surface area (Å²) in [6.45, 7) is 0.406. The highest BCUT2D eigenvalue weighted by molar-refractivity contribution is 6.07. The zero-order valence-electron chi connectivity index (χ0n) is 22.8. The highest BCUT2D eigenvalue weighted by Gasteiger charge is 2.28. The lowest BCUT2D eigenvalue weighted by molar-refractivity contribution is -0.131. The average molecular weight is 553 g/mol. The van der Waals surface area contributed by atoms with Gasteiger partial charge in [0.05, 0.1) is 25.6 Å². The minimum Gasteiger partial charge on any atom is -0.497 e. The van der Waals surface area contributed by atoms with Crippen molar-refractivity contribution in [2.45, 2.75) is 19.0 Å². The molecule has 0 atom stereocenters. The molecule has 0 saturated carbocycles. The summed E-state index contributed by atoms with van der Waals surface area (Å²) < 4.78 is 10.5. The molecule has 5 N–H and O–H groups in total. The summed E-state index contributed by atoms with van der Waals surface area (Å²) in [6, 6.07) is 27.9. The topological polar surface area (TPSA) is 132 Å². The minimum absolute atomic E-state index is 0.203. The van der Waals surface area contributed by atoms with Crippen molar-refractivity contribution in [3.63, 3.8) is 0 Å². The second kappa shape index (κ2) is 13.7. The molecule has 0 aliphatic carbocycles. The van der Waals surface area contributed by atoms with Crippen LogP contribution in [0.15, 0.2) is 97.1 Å². The van der Waals surface area contributed by atoms with Crippen molar-refractivity contribution >= 4 is 29.1 Å². The van der Waals surface area contributed by atoms with Crippen LogP contribution >= 0.6 is 0 Å². The maximum absolute atomic E-state index is 13.4. The molecule has 0 spiro atoms. The van der Waals surface area contributed by atoms with E-state index < -0.39 is 17.7 Å². The number of hydrogen-bond donors (Lipinski definition) is 4. The molecule has 4 aromatic carbocycles. The number of anilines is 2. The quantitative estimate of drug-likeness (QED) is 0.162. The summed E-state index contributed by atoms with van der Waals surface area (Å²) in [5.74, 6) is -1.16. The third kappa shape index (κ3) is 7.63. The van der Waals surface area contributed by atoms with Crippen LogP contribution in [0.25, 0.3) is 0 Å². The van der Waals surface area contributed by atoms with Crippen LogP contribution in [0.3, 0.4) is 0 Å². The number of methoxy groups -OCH3 is 2. The summed E-state index contributed by atoms with van der Waals surface area (Å²) in [6.07, 6.45) is 0. The first-order chi connectivity index (χ1) is 19.9. The highest BCUT2D eigenvalue weighted by atomic mass is 16.5. The van der Waals surface area contributed by atoms with E-state index in [1.165, 1.54) is 0 Å². The Hall–Kier alpha value is -5.31. The van der Waals surface area contributed by atoms with E-state index in [2.05, 4.69) is 16.0 Å². The van der Waals surface area contributed by atoms with Gasteiger partial charge < -0.3 is 31.2 Å². The summed E-state index contributed by atoms with van der Waals surface area (Å²) in [5, 5.41) is 8.48. The van der Waals surface area contributed by atoms with Gasteiger partial charge in [0.15, 0.2) is 0 Å². The molecule has 0 saturated heterocycles. The van der Waals surface area contributed by atoms with Crippen molar-refractivity contribution in [2.75, 3.05) is 25.3 Å². The first-order valence-electron chi connectivity index (χ1n) is 12.9. The molecule has 0 aliphatic rings. The standard InChI is InChI=1S/C32H32N4O5/c1-40-25-9-5-7-21(17-25)19-34-31(38)29(32(39)35-20-22-8-6-10-26(18-22)41-2)23-13-15-24(16-14-23)30(37)36-28-12-4-3-11-27(28)33/h3-18,29H,19-20,33H2,1-2H3,(H,34,38)(H,35,39)(H,36,37). The Bertz CT molecular complexity index is 1460. The second-order valence-corrected chi connectivity index (χ2v) is 9.24. The SMILES string of the molecule is COc1cccc(CNC(=O)C(C(=O)NCc2cccc(OC)c2)c2ccc(C(=O)Nc3ccccc3N)cc2)c1. The first kappa shape index (κ1) is 28.7. The van der Waals surface area contributed by atoms with Gasteiger partial charge >= 0.3 is 0 Å². The van der Waals surface area contributed by atoms with Gasteiger partial charge in [0.1, 0.15) is 17.4 Å². The normalized spacial score (nSPS) is 10.5. The molecule has 210 valence electrons. The van der Waals surface area contributed by atoms with Gasteiger partial charge in [0.25, 0.3) is 5.91 Å². The van der Waals surface area contributed by atoms with Gasteiger partial charge in [-0.1, -0.05) is 48.5 Å². The van der Waals surface area contributed by atoms with E-state index in [0.29, 0.717) is 34.0 Å². The maximum atomic E-state index is 13.4. The number of nitrogen functional groups attached to an aromatic ring is 1. The van der Waals surface area contributed by atoms with Crippen molar-refractivity contribution in [2.24, 2.45) is 0 Å². The van der Waals surface area contributed by atoms with Gasteiger partial charge in [0, 0.05) is 18.7 Å². The summed E-state index contributed by atoms with van der Waals surface area (Å²) in [7, 11) is 3.14. The third-order valence-corrected chi connectivity index (χ3v) is 6.44. The molecule has 41 heavy (non-hydrogen) atoms. The summed E-state index contributed by atoms with van der Waals surface area (Å²) in [5.41, 5.74) is 9.30. The van der Waals surface area contributed by atoms with E-state index in [1.54, 1.807) is 62.8 Å². The average Bonchev–Trinajstić information content (AvgIpc) is 3.00. The van der Waals surface area contributed by atoms with Crippen LogP contribution in [0.4, 0.5) is 11.4 Å². The number of benzene rings is 4. The van der Waals surface area contributed by atoms with E-state index in [0.717, 1.165) is 11.1 Å². The van der Waals surface area contributed by atoms with Crippen molar-refractivity contribution in [3.8, 4) is 11.5 Å². The number of amides is 3. The van der Waals surface area contributed by atoms with E-state index in [9.17, 15) is 14.4 Å². The van der Waals surface area contributed by atoms with E-state index in [4.69, 9.17) is 15.2 Å². The predicted octanol–water partition coefficient (Wildman–Crippen LogP) is 4.25. The highest BCUT2D eigenvalue weighted by Crippen LogP contribution is 2.22. The lowest BCUT2D eigenvalue weighted by Crippen LogP contribution is -2.39. The van der Waals surface area contributed by atoms with Crippen LogP contribution in [0.1, 0.15) is 33.0 Å². The van der Waals surface area contributed by atoms with Crippen LogP contribution in [0.2, 0.25) is 0 Å². The van der Waals surface area contributed by atoms with Gasteiger partial charge in [-0.05, 0) is 65.2 Å². The van der Waals surface area contributed by atoms with Gasteiger partial charge in [-0.15, -0.1) is 0 Å². The first-order valence-corrected chi connectivity index (χ1v) is 12.9. The lowest BCUT2D eigenvalue weighted by atomic mass is 9.95. The zero-order valence-corrected chi connectivity index (χ0v) is 22.8. The van der Waals surface area contributed by atoms with Gasteiger partial charge in [0.2, 0.25) is 11.8 Å². The molecule has 4 rings (SSSR count). The molecule has 0 aromatic heterocycles. The largest absolute Gasteiger partial charge is 0.497 e. The van der Waals surface area contributed by atoms with Gasteiger partial charge in [-0.2, -0.15) is 0 Å². The van der Waals surface area contributed by atoms with Gasteiger partial charge in [-0.25, -0.2) is 0 Å². The van der Waals surface area contributed by atoms with E-state index >= 15 is 0 Å². The number of nitrogens with one attached hydrogen (secondary N) is 3. The summed E-state index contributed by atoms with van der Waals surface area (Å²) >= 11 is 0. The second-order valence-electron chi connectivity index (χ2n) is 9.24. The number of ether oxygens (including phenoxy) is 2. The monoisotopic (exact) mass is 552 g/mol. The van der Waals surface area contributed by atoms with Crippen LogP contribution in [-0.4, -0.2) is 31.9 Å². The molecule has 0 heterocycles. The van der Waals surface area contributed by atoms with Crippen LogP contribution in [0, 0.1) is 0 Å².